The van der Waals surface area contributed by atoms with E-state index in [9.17, 15) is 9.59 Å². The lowest BCUT2D eigenvalue weighted by Crippen LogP contribution is -2.38. The molecule has 2 aromatic rings. The van der Waals surface area contributed by atoms with Crippen molar-refractivity contribution in [2.75, 3.05) is 26.2 Å². The Morgan fingerprint density at radius 3 is 2.56 bits per heavy atom. The third-order valence-corrected chi connectivity index (χ3v) is 5.98. The summed E-state index contributed by atoms with van der Waals surface area (Å²) in [5.74, 6) is 0.976. The van der Waals surface area contributed by atoms with Crippen LogP contribution in [0.15, 0.2) is 36.5 Å². The monoisotopic (exact) mass is 365 g/mol. The van der Waals surface area contributed by atoms with Crippen LogP contribution in [0.3, 0.4) is 0 Å². The Morgan fingerprint density at radius 2 is 1.78 bits per heavy atom. The molecule has 27 heavy (non-hydrogen) atoms. The topological polar surface area (TPSA) is 53.5 Å². The molecule has 5 nitrogen and oxygen atoms in total. The molecule has 0 atom stereocenters. The van der Waals surface area contributed by atoms with Crippen molar-refractivity contribution in [3.05, 3.63) is 42.1 Å². The predicted octanol–water partition coefficient (Wildman–Crippen LogP) is 3.49. The average molecular weight is 365 g/mol. The van der Waals surface area contributed by atoms with Gasteiger partial charge in [0.05, 0.1) is 5.52 Å². The van der Waals surface area contributed by atoms with Gasteiger partial charge in [0.1, 0.15) is 0 Å². The summed E-state index contributed by atoms with van der Waals surface area (Å²) in [6, 6.07) is 9.61. The zero-order valence-corrected chi connectivity index (χ0v) is 15.8. The number of benzene rings is 1. The van der Waals surface area contributed by atoms with Crippen LogP contribution in [-0.4, -0.2) is 52.8 Å². The fraction of sp³-hybridized carbons (Fsp3) is 0.500. The molecule has 1 aromatic carbocycles. The van der Waals surface area contributed by atoms with E-state index in [0.717, 1.165) is 74.7 Å². The van der Waals surface area contributed by atoms with Crippen LogP contribution >= 0.6 is 0 Å². The number of nitrogens with zero attached hydrogens (tertiary/aromatic N) is 3. The summed E-state index contributed by atoms with van der Waals surface area (Å²) in [5.41, 5.74) is 1.65. The number of rotatable bonds is 4. The fourth-order valence-corrected chi connectivity index (χ4v) is 4.27. The van der Waals surface area contributed by atoms with Crippen LogP contribution in [0.5, 0.6) is 0 Å². The first-order chi connectivity index (χ1) is 13.2. The molecule has 0 saturated carbocycles. The highest BCUT2D eigenvalue weighted by atomic mass is 16.2. The van der Waals surface area contributed by atoms with Gasteiger partial charge in [0.25, 0.3) is 5.91 Å². The van der Waals surface area contributed by atoms with E-state index in [1.54, 1.807) is 6.20 Å². The third-order valence-electron chi connectivity index (χ3n) is 5.98. The van der Waals surface area contributed by atoms with Crippen LogP contribution < -0.4 is 0 Å². The molecule has 0 radical (unpaired) electrons. The van der Waals surface area contributed by atoms with Gasteiger partial charge in [0.2, 0.25) is 5.91 Å². The number of amides is 2. The first-order valence-electron chi connectivity index (χ1n) is 10.1. The van der Waals surface area contributed by atoms with Gasteiger partial charge in [-0.1, -0.05) is 6.07 Å². The summed E-state index contributed by atoms with van der Waals surface area (Å²) in [4.78, 5) is 33.3. The molecule has 0 spiro atoms. The Bertz CT molecular complexity index is 821. The molecule has 4 rings (SSSR count). The largest absolute Gasteiger partial charge is 0.343 e. The molecule has 2 aliphatic rings. The molecule has 1 aromatic heterocycles. The standard InChI is InChI=1S/C22H27N3O2/c26-21(24-12-1-2-13-24)8-5-17-9-14-25(15-10-17)22(27)19-6-7-20-18(16-19)4-3-11-23-20/h3-4,6-7,11,16-17H,1-2,5,8-10,12-15H2. The lowest BCUT2D eigenvalue weighted by molar-refractivity contribution is -0.130. The highest BCUT2D eigenvalue weighted by Gasteiger charge is 2.25. The van der Waals surface area contributed by atoms with Gasteiger partial charge in [-0.15, -0.1) is 0 Å². The highest BCUT2D eigenvalue weighted by molar-refractivity contribution is 5.98. The SMILES string of the molecule is O=C(CCC1CCN(C(=O)c2ccc3ncccc3c2)CC1)N1CCCC1. The minimum atomic E-state index is 0.104. The van der Waals surface area contributed by atoms with Crippen LogP contribution in [0.2, 0.25) is 0 Å². The second-order valence-electron chi connectivity index (χ2n) is 7.77. The minimum Gasteiger partial charge on any atom is -0.343 e. The molecular formula is C22H27N3O2. The van der Waals surface area contributed by atoms with Crippen LogP contribution in [-0.2, 0) is 4.79 Å². The van der Waals surface area contributed by atoms with Gasteiger partial charge in [-0.2, -0.15) is 0 Å². The van der Waals surface area contributed by atoms with E-state index in [4.69, 9.17) is 0 Å². The molecule has 5 heteroatoms. The molecule has 0 aliphatic carbocycles. The van der Waals surface area contributed by atoms with E-state index in [2.05, 4.69) is 4.98 Å². The van der Waals surface area contributed by atoms with Crippen molar-refractivity contribution in [3.63, 3.8) is 0 Å². The lowest BCUT2D eigenvalue weighted by Gasteiger charge is -2.32. The third kappa shape index (κ3) is 4.12. The van der Waals surface area contributed by atoms with Crippen molar-refractivity contribution in [3.8, 4) is 0 Å². The molecule has 0 N–H and O–H groups in total. The molecule has 2 aliphatic heterocycles. The molecule has 2 fully saturated rings. The van der Waals surface area contributed by atoms with Gasteiger partial charge >= 0.3 is 0 Å². The number of likely N-dealkylation sites (tertiary alicyclic amines) is 2. The maximum atomic E-state index is 12.8. The van der Waals surface area contributed by atoms with Crippen molar-refractivity contribution < 1.29 is 9.59 Å². The first-order valence-corrected chi connectivity index (χ1v) is 10.1. The van der Waals surface area contributed by atoms with Crippen LogP contribution in [0.1, 0.15) is 48.9 Å². The Morgan fingerprint density at radius 1 is 1.00 bits per heavy atom. The Hall–Kier alpha value is -2.43. The van der Waals surface area contributed by atoms with E-state index >= 15 is 0 Å². The van der Waals surface area contributed by atoms with E-state index < -0.39 is 0 Å². The highest BCUT2D eigenvalue weighted by Crippen LogP contribution is 2.24. The maximum absolute atomic E-state index is 12.8. The second-order valence-corrected chi connectivity index (χ2v) is 7.77. The molecule has 0 unspecified atom stereocenters. The molecular weight excluding hydrogens is 338 g/mol. The second kappa shape index (κ2) is 8.07. The van der Waals surface area contributed by atoms with Gasteiger partial charge in [0.15, 0.2) is 0 Å². The summed E-state index contributed by atoms with van der Waals surface area (Å²) in [6.45, 7) is 3.44. The predicted molar refractivity (Wildman–Crippen MR) is 105 cm³/mol. The van der Waals surface area contributed by atoms with Gasteiger partial charge in [0, 0.05) is 49.7 Å². The van der Waals surface area contributed by atoms with Crippen molar-refractivity contribution in [1.29, 1.82) is 0 Å². The summed E-state index contributed by atoms with van der Waals surface area (Å²) < 4.78 is 0. The number of aromatic nitrogens is 1. The van der Waals surface area contributed by atoms with E-state index in [-0.39, 0.29) is 5.91 Å². The zero-order valence-electron chi connectivity index (χ0n) is 15.8. The summed E-state index contributed by atoms with van der Waals surface area (Å²) in [7, 11) is 0. The lowest BCUT2D eigenvalue weighted by atomic mass is 9.91. The van der Waals surface area contributed by atoms with Gasteiger partial charge in [-0.3, -0.25) is 14.6 Å². The fourth-order valence-electron chi connectivity index (χ4n) is 4.27. The molecule has 142 valence electrons. The quantitative estimate of drug-likeness (QED) is 0.833. The van der Waals surface area contributed by atoms with Crippen molar-refractivity contribution >= 4 is 22.7 Å². The van der Waals surface area contributed by atoms with E-state index in [1.807, 2.05) is 40.1 Å². The number of pyridine rings is 1. The van der Waals surface area contributed by atoms with Crippen LogP contribution in [0.4, 0.5) is 0 Å². The zero-order chi connectivity index (χ0) is 18.6. The molecule has 3 heterocycles. The normalized spacial score (nSPS) is 18.2. The summed E-state index contributed by atoms with van der Waals surface area (Å²) >= 11 is 0. The molecule has 2 amide bonds. The van der Waals surface area contributed by atoms with Crippen molar-refractivity contribution in [1.82, 2.24) is 14.8 Å². The number of piperidine rings is 1. The van der Waals surface area contributed by atoms with Gasteiger partial charge < -0.3 is 9.80 Å². The van der Waals surface area contributed by atoms with Crippen LogP contribution in [0, 0.1) is 5.92 Å². The molecule has 0 bridgehead atoms. The molecule has 2 saturated heterocycles. The Kier molecular flexibility index (Phi) is 5.37. The maximum Gasteiger partial charge on any atom is 0.253 e. The van der Waals surface area contributed by atoms with Gasteiger partial charge in [-0.25, -0.2) is 0 Å². The minimum absolute atomic E-state index is 0.104. The van der Waals surface area contributed by atoms with Crippen molar-refractivity contribution in [2.45, 2.75) is 38.5 Å². The van der Waals surface area contributed by atoms with E-state index in [0.29, 0.717) is 18.2 Å². The Balaban J connectivity index is 1.29. The number of carbonyl (C=O) groups is 2. The van der Waals surface area contributed by atoms with Crippen molar-refractivity contribution in [2.24, 2.45) is 5.92 Å². The number of carbonyl (C=O) groups excluding carboxylic acids is 2. The summed E-state index contributed by atoms with van der Waals surface area (Å²) in [6.07, 6.45) is 7.68. The first kappa shape index (κ1) is 18.0. The number of hydrogen-bond donors (Lipinski definition) is 0. The Labute approximate surface area is 160 Å². The average Bonchev–Trinajstić information content (AvgIpc) is 3.26. The van der Waals surface area contributed by atoms with Crippen LogP contribution in [0.25, 0.3) is 10.9 Å². The summed E-state index contributed by atoms with van der Waals surface area (Å²) in [5, 5.41) is 0.999. The number of hydrogen-bond acceptors (Lipinski definition) is 3. The van der Waals surface area contributed by atoms with E-state index in [1.165, 1.54) is 0 Å². The smallest absolute Gasteiger partial charge is 0.253 e. The van der Waals surface area contributed by atoms with Gasteiger partial charge in [-0.05, 0) is 62.3 Å². The number of fused-ring (bicyclic) bond motifs is 1.